The topological polar surface area (TPSA) is 22.0 Å². The Balaban J connectivity index is 3.38. The predicted octanol–water partition coefficient (Wildman–Crippen LogP) is 2.09. The van der Waals surface area contributed by atoms with E-state index >= 15 is 0 Å². The number of hydrogen-bond donors (Lipinski definition) is 0. The molecule has 0 aromatic carbocycles. The van der Waals surface area contributed by atoms with Gasteiger partial charge in [0.15, 0.2) is 0 Å². The molecule has 0 aliphatic carbocycles. The van der Waals surface area contributed by atoms with Crippen LogP contribution >= 0.6 is 15.9 Å². The average Bonchev–Trinajstić information content (AvgIpc) is 1.96. The third-order valence-corrected chi connectivity index (χ3v) is 1.85. The highest BCUT2D eigenvalue weighted by Crippen LogP contribution is 2.17. The van der Waals surface area contributed by atoms with E-state index in [-0.39, 0.29) is 0 Å². The van der Waals surface area contributed by atoms with Crippen LogP contribution in [-0.2, 0) is 7.05 Å². The maximum absolute atomic E-state index is 12.2. The van der Waals surface area contributed by atoms with E-state index in [0.29, 0.717) is 4.47 Å². The molecule has 0 unspecified atom stereocenters. The molecule has 0 radical (unpaired) electrons. The fourth-order valence-electron chi connectivity index (χ4n) is 0.851. The summed E-state index contributed by atoms with van der Waals surface area (Å²) in [6.45, 7) is 0. The predicted molar refractivity (Wildman–Crippen MR) is 44.3 cm³/mol. The molecule has 2 nitrogen and oxygen atoms in total. The molecule has 0 aliphatic rings. The zero-order valence-electron chi connectivity index (χ0n) is 6.22. The first kappa shape index (κ1) is 9.38. The molecule has 1 aromatic heterocycles. The summed E-state index contributed by atoms with van der Waals surface area (Å²) in [6.07, 6.45) is -1.28. The maximum atomic E-state index is 12.2. The van der Waals surface area contributed by atoms with Gasteiger partial charge in [0.25, 0.3) is 12.0 Å². The van der Waals surface area contributed by atoms with E-state index in [1.165, 1.54) is 13.2 Å². The van der Waals surface area contributed by atoms with E-state index in [4.69, 9.17) is 0 Å². The van der Waals surface area contributed by atoms with E-state index in [9.17, 15) is 13.6 Å². The van der Waals surface area contributed by atoms with Gasteiger partial charge in [-0.25, -0.2) is 8.78 Å². The van der Waals surface area contributed by atoms with Crippen LogP contribution in [0, 0.1) is 0 Å². The Hall–Kier alpha value is -0.710. The van der Waals surface area contributed by atoms with Crippen molar-refractivity contribution in [3.8, 4) is 0 Å². The minimum atomic E-state index is -2.72. The number of halogens is 3. The third kappa shape index (κ3) is 1.72. The van der Waals surface area contributed by atoms with E-state index in [2.05, 4.69) is 15.9 Å². The molecule has 0 bridgehead atoms. The molecular formula is C7H6BrF2NO. The van der Waals surface area contributed by atoms with Crippen LogP contribution in [0.4, 0.5) is 8.78 Å². The molecule has 1 heterocycles. The first-order valence-electron chi connectivity index (χ1n) is 3.16. The van der Waals surface area contributed by atoms with E-state index in [1.807, 2.05) is 0 Å². The number of alkyl halides is 2. The van der Waals surface area contributed by atoms with Crippen molar-refractivity contribution < 1.29 is 8.78 Å². The van der Waals surface area contributed by atoms with Crippen LogP contribution in [0.15, 0.2) is 21.5 Å². The Morgan fingerprint density at radius 2 is 2.17 bits per heavy atom. The van der Waals surface area contributed by atoms with Gasteiger partial charge in [-0.3, -0.25) is 4.79 Å². The van der Waals surface area contributed by atoms with Crippen molar-refractivity contribution in [3.63, 3.8) is 0 Å². The lowest BCUT2D eigenvalue weighted by Crippen LogP contribution is -2.20. The second-order valence-electron chi connectivity index (χ2n) is 2.33. The van der Waals surface area contributed by atoms with Gasteiger partial charge in [0.1, 0.15) is 0 Å². The number of rotatable bonds is 1. The lowest BCUT2D eigenvalue weighted by Gasteiger charge is -2.02. The summed E-state index contributed by atoms with van der Waals surface area (Å²) >= 11 is 3.02. The minimum Gasteiger partial charge on any atom is -0.317 e. The van der Waals surface area contributed by atoms with Crippen molar-refractivity contribution in [1.29, 1.82) is 0 Å². The molecule has 0 saturated carbocycles. The van der Waals surface area contributed by atoms with E-state index in [1.54, 1.807) is 0 Å². The van der Waals surface area contributed by atoms with Crippen molar-refractivity contribution in [2.24, 2.45) is 7.05 Å². The molecular weight excluding hydrogens is 232 g/mol. The standard InChI is InChI=1S/C7H6BrF2NO/c1-11-3-4(8)2-5(6(9)10)7(11)12/h2-3,6H,1H3. The molecule has 0 spiro atoms. The molecule has 0 saturated heterocycles. The highest BCUT2D eigenvalue weighted by molar-refractivity contribution is 9.10. The summed E-state index contributed by atoms with van der Waals surface area (Å²) in [6, 6.07) is 1.13. The van der Waals surface area contributed by atoms with Gasteiger partial charge in [-0.15, -0.1) is 0 Å². The van der Waals surface area contributed by atoms with Gasteiger partial charge in [-0.1, -0.05) is 0 Å². The molecule has 5 heteroatoms. The fourth-order valence-corrected chi connectivity index (χ4v) is 1.40. The number of nitrogens with zero attached hydrogens (tertiary/aromatic N) is 1. The molecule has 66 valence electrons. The van der Waals surface area contributed by atoms with Gasteiger partial charge in [-0.2, -0.15) is 0 Å². The van der Waals surface area contributed by atoms with Gasteiger partial charge in [0.2, 0.25) is 0 Å². The number of hydrogen-bond acceptors (Lipinski definition) is 1. The largest absolute Gasteiger partial charge is 0.317 e. The van der Waals surface area contributed by atoms with Crippen LogP contribution in [0.1, 0.15) is 12.0 Å². The first-order chi connectivity index (χ1) is 5.52. The van der Waals surface area contributed by atoms with Gasteiger partial charge in [-0.05, 0) is 22.0 Å². The Morgan fingerprint density at radius 1 is 1.58 bits per heavy atom. The van der Waals surface area contributed by atoms with Crippen molar-refractivity contribution in [1.82, 2.24) is 4.57 Å². The highest BCUT2D eigenvalue weighted by Gasteiger charge is 2.13. The summed E-state index contributed by atoms with van der Waals surface area (Å²) in [4.78, 5) is 11.0. The number of aryl methyl sites for hydroxylation is 1. The van der Waals surface area contributed by atoms with Crippen LogP contribution in [0.25, 0.3) is 0 Å². The monoisotopic (exact) mass is 237 g/mol. The molecule has 1 aromatic rings. The van der Waals surface area contributed by atoms with Crippen molar-refractivity contribution in [2.75, 3.05) is 0 Å². The zero-order valence-corrected chi connectivity index (χ0v) is 7.81. The van der Waals surface area contributed by atoms with Gasteiger partial charge >= 0.3 is 0 Å². The Bertz CT molecular complexity index is 348. The second kappa shape index (κ2) is 3.35. The van der Waals surface area contributed by atoms with Gasteiger partial charge in [0, 0.05) is 17.7 Å². The van der Waals surface area contributed by atoms with Crippen molar-refractivity contribution in [2.45, 2.75) is 6.43 Å². The SMILES string of the molecule is Cn1cc(Br)cc(C(F)F)c1=O. The second-order valence-corrected chi connectivity index (χ2v) is 3.25. The van der Waals surface area contributed by atoms with Crippen LogP contribution in [-0.4, -0.2) is 4.57 Å². The molecule has 0 amide bonds. The van der Waals surface area contributed by atoms with Crippen LogP contribution in [0.2, 0.25) is 0 Å². The zero-order chi connectivity index (χ0) is 9.30. The first-order valence-corrected chi connectivity index (χ1v) is 3.96. The minimum absolute atomic E-state index is 0.472. The smallest absolute Gasteiger partial charge is 0.269 e. The maximum Gasteiger partial charge on any atom is 0.269 e. The van der Waals surface area contributed by atoms with E-state index < -0.39 is 17.5 Å². The Labute approximate surface area is 76.0 Å². The van der Waals surface area contributed by atoms with Crippen molar-refractivity contribution >= 4 is 15.9 Å². The quantitative estimate of drug-likeness (QED) is 0.734. The van der Waals surface area contributed by atoms with Gasteiger partial charge < -0.3 is 4.57 Å². The van der Waals surface area contributed by atoms with Crippen LogP contribution < -0.4 is 5.56 Å². The number of aromatic nitrogens is 1. The molecule has 0 atom stereocenters. The molecule has 0 aliphatic heterocycles. The molecule has 0 N–H and O–H groups in total. The lowest BCUT2D eigenvalue weighted by atomic mass is 10.3. The average molecular weight is 238 g/mol. The molecule has 12 heavy (non-hydrogen) atoms. The summed E-state index contributed by atoms with van der Waals surface area (Å²) in [7, 11) is 1.43. The van der Waals surface area contributed by atoms with Crippen LogP contribution in [0.3, 0.4) is 0 Å². The van der Waals surface area contributed by atoms with Crippen molar-refractivity contribution in [3.05, 3.63) is 32.7 Å². The third-order valence-electron chi connectivity index (χ3n) is 1.41. The van der Waals surface area contributed by atoms with E-state index in [0.717, 1.165) is 10.6 Å². The summed E-state index contributed by atoms with van der Waals surface area (Å²) in [5, 5.41) is 0. The summed E-state index contributed by atoms with van der Waals surface area (Å²) in [5.74, 6) is 0. The van der Waals surface area contributed by atoms with Gasteiger partial charge in [0.05, 0.1) is 5.56 Å². The highest BCUT2D eigenvalue weighted by atomic mass is 79.9. The summed E-state index contributed by atoms with van der Waals surface area (Å²) < 4.78 is 25.9. The number of pyridine rings is 1. The lowest BCUT2D eigenvalue weighted by molar-refractivity contribution is 0.149. The molecule has 0 fully saturated rings. The Kier molecular flexibility index (Phi) is 2.62. The van der Waals surface area contributed by atoms with Crippen LogP contribution in [0.5, 0.6) is 0 Å². The Morgan fingerprint density at radius 3 is 2.67 bits per heavy atom. The fraction of sp³-hybridized carbons (Fsp3) is 0.286. The normalized spacial score (nSPS) is 10.8. The molecule has 1 rings (SSSR count). The summed E-state index contributed by atoms with van der Waals surface area (Å²) in [5.41, 5.74) is -1.14.